The number of hydrogen-bond donors (Lipinski definition) is 1. The Morgan fingerprint density at radius 1 is 1.10 bits per heavy atom. The first-order valence-corrected chi connectivity index (χ1v) is 8.13. The molecular formula is C19H31NO. The van der Waals surface area contributed by atoms with E-state index in [1.165, 1.54) is 29.5 Å². The van der Waals surface area contributed by atoms with Crippen molar-refractivity contribution in [1.82, 2.24) is 5.32 Å². The van der Waals surface area contributed by atoms with E-state index in [2.05, 4.69) is 58.3 Å². The Morgan fingerprint density at radius 3 is 2.24 bits per heavy atom. The molecule has 1 aliphatic carbocycles. The first kappa shape index (κ1) is 16.5. The summed E-state index contributed by atoms with van der Waals surface area (Å²) in [6, 6.07) is 7.00. The highest BCUT2D eigenvalue weighted by molar-refractivity contribution is 5.35. The van der Waals surface area contributed by atoms with Crippen LogP contribution in [0.5, 0.6) is 0 Å². The molecule has 1 aromatic rings. The van der Waals surface area contributed by atoms with E-state index in [1.54, 1.807) is 0 Å². The SMILES string of the molecule is CNC(c1cc(C)ccc1C)C1(OC)CCC(C)(C)CC1. The molecule has 2 heteroatoms. The van der Waals surface area contributed by atoms with Gasteiger partial charge in [0.25, 0.3) is 0 Å². The van der Waals surface area contributed by atoms with Gasteiger partial charge in [0.05, 0.1) is 11.6 Å². The topological polar surface area (TPSA) is 21.3 Å². The van der Waals surface area contributed by atoms with E-state index in [0.717, 1.165) is 12.8 Å². The van der Waals surface area contributed by atoms with Gasteiger partial charge in [-0.3, -0.25) is 0 Å². The summed E-state index contributed by atoms with van der Waals surface area (Å²) in [6.45, 7) is 9.12. The van der Waals surface area contributed by atoms with Crippen LogP contribution >= 0.6 is 0 Å². The number of aryl methyl sites for hydroxylation is 2. The molecule has 118 valence electrons. The Bertz CT molecular complexity index is 482. The summed E-state index contributed by atoms with van der Waals surface area (Å²) in [5, 5.41) is 3.55. The van der Waals surface area contributed by atoms with Crippen LogP contribution in [-0.4, -0.2) is 19.8 Å². The lowest BCUT2D eigenvalue weighted by atomic mass is 9.67. The number of rotatable bonds is 4. The van der Waals surface area contributed by atoms with Gasteiger partial charge in [-0.15, -0.1) is 0 Å². The first-order chi connectivity index (χ1) is 9.83. The minimum atomic E-state index is -0.0805. The summed E-state index contributed by atoms with van der Waals surface area (Å²) in [6.07, 6.45) is 4.69. The largest absolute Gasteiger partial charge is 0.376 e. The van der Waals surface area contributed by atoms with Crippen LogP contribution in [-0.2, 0) is 4.74 Å². The van der Waals surface area contributed by atoms with Gasteiger partial charge >= 0.3 is 0 Å². The minimum absolute atomic E-state index is 0.0805. The number of hydrogen-bond acceptors (Lipinski definition) is 2. The van der Waals surface area contributed by atoms with Crippen LogP contribution in [0.4, 0.5) is 0 Å². The van der Waals surface area contributed by atoms with Crippen molar-refractivity contribution < 1.29 is 4.74 Å². The molecule has 0 spiro atoms. The summed E-state index contributed by atoms with van der Waals surface area (Å²) in [5.74, 6) is 0. The number of methoxy groups -OCH3 is 1. The molecule has 0 radical (unpaired) electrons. The van der Waals surface area contributed by atoms with Crippen molar-refractivity contribution in [3.05, 3.63) is 34.9 Å². The third-order valence-corrected chi connectivity index (χ3v) is 5.42. The summed E-state index contributed by atoms with van der Waals surface area (Å²) in [4.78, 5) is 0. The molecular weight excluding hydrogens is 258 g/mol. The molecule has 0 saturated heterocycles. The number of ether oxygens (including phenoxy) is 1. The Labute approximate surface area is 130 Å². The average molecular weight is 289 g/mol. The third kappa shape index (κ3) is 3.32. The quantitative estimate of drug-likeness (QED) is 0.878. The lowest BCUT2D eigenvalue weighted by Gasteiger charge is -2.47. The molecule has 21 heavy (non-hydrogen) atoms. The molecule has 1 fully saturated rings. The molecule has 1 unspecified atom stereocenters. The fourth-order valence-electron chi connectivity index (χ4n) is 3.73. The first-order valence-electron chi connectivity index (χ1n) is 8.13. The zero-order valence-corrected chi connectivity index (χ0v) is 14.5. The molecule has 1 saturated carbocycles. The van der Waals surface area contributed by atoms with Crippen molar-refractivity contribution >= 4 is 0 Å². The Balaban J connectivity index is 2.36. The zero-order valence-electron chi connectivity index (χ0n) is 14.5. The van der Waals surface area contributed by atoms with Crippen LogP contribution in [0.1, 0.15) is 62.3 Å². The fraction of sp³-hybridized carbons (Fsp3) is 0.684. The van der Waals surface area contributed by atoms with Crippen LogP contribution < -0.4 is 5.32 Å². The molecule has 0 bridgehead atoms. The number of nitrogens with one attached hydrogen (secondary N) is 1. The van der Waals surface area contributed by atoms with E-state index in [4.69, 9.17) is 4.74 Å². The van der Waals surface area contributed by atoms with E-state index in [1.807, 2.05) is 7.11 Å². The van der Waals surface area contributed by atoms with Gasteiger partial charge in [0, 0.05) is 7.11 Å². The molecule has 2 rings (SSSR count). The van der Waals surface area contributed by atoms with E-state index in [-0.39, 0.29) is 11.6 Å². The van der Waals surface area contributed by atoms with Crippen molar-refractivity contribution in [2.45, 2.75) is 65.0 Å². The van der Waals surface area contributed by atoms with E-state index >= 15 is 0 Å². The van der Waals surface area contributed by atoms with Gasteiger partial charge in [0.1, 0.15) is 0 Å². The highest BCUT2D eigenvalue weighted by Gasteiger charge is 2.44. The van der Waals surface area contributed by atoms with Crippen molar-refractivity contribution in [3.63, 3.8) is 0 Å². The van der Waals surface area contributed by atoms with Gasteiger partial charge in [-0.1, -0.05) is 37.6 Å². The van der Waals surface area contributed by atoms with Crippen molar-refractivity contribution in [2.24, 2.45) is 5.41 Å². The highest BCUT2D eigenvalue weighted by Crippen LogP contribution is 2.47. The lowest BCUT2D eigenvalue weighted by molar-refractivity contribution is -0.0863. The Morgan fingerprint density at radius 2 is 1.71 bits per heavy atom. The smallest absolute Gasteiger partial charge is 0.0872 e. The van der Waals surface area contributed by atoms with Crippen LogP contribution in [0.3, 0.4) is 0 Å². The maximum atomic E-state index is 6.11. The van der Waals surface area contributed by atoms with Gasteiger partial charge in [-0.25, -0.2) is 0 Å². The molecule has 2 nitrogen and oxygen atoms in total. The molecule has 1 N–H and O–H groups in total. The molecule has 0 heterocycles. The van der Waals surface area contributed by atoms with Gasteiger partial charge in [0.15, 0.2) is 0 Å². The summed E-state index contributed by atoms with van der Waals surface area (Å²) in [5.41, 5.74) is 4.42. The fourth-order valence-corrected chi connectivity index (χ4v) is 3.73. The molecule has 0 amide bonds. The molecule has 0 aromatic heterocycles. The zero-order chi connectivity index (χ0) is 15.7. The van der Waals surface area contributed by atoms with Crippen molar-refractivity contribution in [1.29, 1.82) is 0 Å². The van der Waals surface area contributed by atoms with Gasteiger partial charge < -0.3 is 10.1 Å². The van der Waals surface area contributed by atoms with Crippen LogP contribution in [0.15, 0.2) is 18.2 Å². The molecule has 0 aliphatic heterocycles. The molecule has 1 aliphatic rings. The summed E-state index contributed by atoms with van der Waals surface area (Å²) >= 11 is 0. The van der Waals surface area contributed by atoms with Gasteiger partial charge in [0.2, 0.25) is 0 Å². The second kappa shape index (κ2) is 6.10. The Kier molecular flexibility index (Phi) is 4.79. The van der Waals surface area contributed by atoms with E-state index < -0.39 is 0 Å². The number of benzene rings is 1. The van der Waals surface area contributed by atoms with E-state index in [0.29, 0.717) is 5.41 Å². The molecule has 1 aromatic carbocycles. The number of likely N-dealkylation sites (N-methyl/N-ethyl adjacent to an activating group) is 1. The van der Waals surface area contributed by atoms with Crippen molar-refractivity contribution in [2.75, 3.05) is 14.2 Å². The van der Waals surface area contributed by atoms with Crippen molar-refractivity contribution in [3.8, 4) is 0 Å². The predicted molar refractivity (Wildman–Crippen MR) is 89.7 cm³/mol. The molecule has 1 atom stereocenters. The standard InChI is InChI=1S/C19H31NO/c1-14-7-8-15(2)16(13-14)17(20-5)19(21-6)11-9-18(3,4)10-12-19/h7-8,13,17,20H,9-12H2,1-6H3. The van der Waals surface area contributed by atoms with Crippen LogP contribution in [0, 0.1) is 19.3 Å². The third-order valence-electron chi connectivity index (χ3n) is 5.42. The maximum Gasteiger partial charge on any atom is 0.0872 e. The van der Waals surface area contributed by atoms with Gasteiger partial charge in [-0.2, -0.15) is 0 Å². The monoisotopic (exact) mass is 289 g/mol. The summed E-state index contributed by atoms with van der Waals surface area (Å²) < 4.78 is 6.11. The minimum Gasteiger partial charge on any atom is -0.376 e. The van der Waals surface area contributed by atoms with Gasteiger partial charge in [-0.05, 0) is 63.1 Å². The second-order valence-electron chi connectivity index (χ2n) is 7.51. The Hall–Kier alpha value is -0.860. The van der Waals surface area contributed by atoms with E-state index in [9.17, 15) is 0 Å². The summed E-state index contributed by atoms with van der Waals surface area (Å²) in [7, 11) is 3.95. The predicted octanol–water partition coefficient (Wildman–Crippen LogP) is 4.55. The second-order valence-corrected chi connectivity index (χ2v) is 7.51. The maximum absolute atomic E-state index is 6.11. The van der Waals surface area contributed by atoms with Crippen LogP contribution in [0.2, 0.25) is 0 Å². The highest BCUT2D eigenvalue weighted by atomic mass is 16.5. The lowest BCUT2D eigenvalue weighted by Crippen LogP contribution is -2.48. The van der Waals surface area contributed by atoms with Crippen LogP contribution in [0.25, 0.3) is 0 Å². The normalized spacial score (nSPS) is 22.0. The average Bonchev–Trinajstić information content (AvgIpc) is 2.45.